The number of hydrogen-bond acceptors (Lipinski definition) is 6. The number of aryl methyl sites for hydroxylation is 1. The number of rotatable bonds is 6. The van der Waals surface area contributed by atoms with Crippen LogP contribution in [0, 0.1) is 0 Å². The van der Waals surface area contributed by atoms with Crippen molar-refractivity contribution in [2.24, 2.45) is 7.05 Å². The van der Waals surface area contributed by atoms with Gasteiger partial charge in [-0.05, 0) is 30.5 Å². The minimum Gasteiger partial charge on any atom is -0.493 e. The summed E-state index contributed by atoms with van der Waals surface area (Å²) >= 11 is 0. The minimum absolute atomic E-state index is 0.0139. The summed E-state index contributed by atoms with van der Waals surface area (Å²) in [6, 6.07) is 3.66. The summed E-state index contributed by atoms with van der Waals surface area (Å²) in [4.78, 5) is 19.6. The van der Waals surface area contributed by atoms with Crippen molar-refractivity contribution in [1.29, 1.82) is 0 Å². The number of aliphatic hydroxyl groups is 1. The Balaban J connectivity index is 1.54. The first-order valence-electron chi connectivity index (χ1n) is 10.2. The number of imidazole rings is 1. The van der Waals surface area contributed by atoms with E-state index in [-0.39, 0.29) is 24.4 Å². The molecule has 1 aromatic heterocycles. The molecule has 3 heterocycles. The average molecular weight is 415 g/mol. The molecule has 2 aromatic rings. The van der Waals surface area contributed by atoms with Crippen LogP contribution in [0.5, 0.6) is 17.2 Å². The summed E-state index contributed by atoms with van der Waals surface area (Å²) < 4.78 is 18.1. The van der Waals surface area contributed by atoms with Crippen molar-refractivity contribution in [1.82, 2.24) is 14.5 Å². The van der Waals surface area contributed by atoms with Crippen LogP contribution in [0.15, 0.2) is 24.5 Å². The standard InChI is InChI=1S/C22H29N3O5/c1-24-8-7-23-21(24)22(27)12-15-5-6-16(13-22)25(15)19(26)11-14-9-17(28-2)20(30-4)18(10-14)29-3/h7-10,15-16,27H,5-6,11-13H2,1-4H3. The molecule has 0 radical (unpaired) electrons. The summed E-state index contributed by atoms with van der Waals surface area (Å²) in [5, 5.41) is 11.3. The monoisotopic (exact) mass is 415 g/mol. The lowest BCUT2D eigenvalue weighted by Gasteiger charge is -2.43. The Morgan fingerprint density at radius 1 is 1.13 bits per heavy atom. The molecule has 2 atom stereocenters. The van der Waals surface area contributed by atoms with E-state index in [4.69, 9.17) is 14.2 Å². The molecule has 8 nitrogen and oxygen atoms in total. The topological polar surface area (TPSA) is 86.1 Å². The summed E-state index contributed by atoms with van der Waals surface area (Å²) in [7, 11) is 6.57. The summed E-state index contributed by atoms with van der Waals surface area (Å²) in [6.07, 6.45) is 6.61. The van der Waals surface area contributed by atoms with Gasteiger partial charge < -0.3 is 28.8 Å². The molecule has 4 rings (SSSR count). The number of carbonyl (C=O) groups is 1. The zero-order valence-electron chi connectivity index (χ0n) is 17.9. The average Bonchev–Trinajstić information content (AvgIpc) is 3.29. The van der Waals surface area contributed by atoms with Crippen LogP contribution in [0.25, 0.3) is 0 Å². The molecule has 1 N–H and O–H groups in total. The molecule has 2 aliphatic rings. The van der Waals surface area contributed by atoms with Crippen LogP contribution in [-0.4, -0.2) is 58.9 Å². The predicted octanol–water partition coefficient (Wildman–Crippen LogP) is 2.03. The number of ether oxygens (including phenoxy) is 3. The lowest BCUT2D eigenvalue weighted by Crippen LogP contribution is -2.53. The third kappa shape index (κ3) is 3.39. The van der Waals surface area contributed by atoms with Gasteiger partial charge in [0.2, 0.25) is 11.7 Å². The normalized spacial score (nSPS) is 25.3. The Hall–Kier alpha value is -2.74. The van der Waals surface area contributed by atoms with Crippen LogP contribution in [0.4, 0.5) is 0 Å². The van der Waals surface area contributed by atoms with Crippen molar-refractivity contribution >= 4 is 5.91 Å². The van der Waals surface area contributed by atoms with Gasteiger partial charge in [0.05, 0.1) is 27.8 Å². The number of nitrogens with zero attached hydrogens (tertiary/aromatic N) is 3. The molecule has 2 fully saturated rings. The van der Waals surface area contributed by atoms with E-state index in [1.54, 1.807) is 27.5 Å². The molecule has 2 saturated heterocycles. The maximum Gasteiger partial charge on any atom is 0.227 e. The third-order valence-corrected chi connectivity index (χ3v) is 6.37. The van der Waals surface area contributed by atoms with Crippen molar-refractivity contribution in [2.75, 3.05) is 21.3 Å². The third-order valence-electron chi connectivity index (χ3n) is 6.37. The number of fused-ring (bicyclic) bond motifs is 2. The highest BCUT2D eigenvalue weighted by Gasteiger charge is 2.51. The number of piperidine rings is 1. The highest BCUT2D eigenvalue weighted by atomic mass is 16.5. The molecule has 2 bridgehead atoms. The van der Waals surface area contributed by atoms with Crippen molar-refractivity contribution in [3.8, 4) is 17.2 Å². The molecular formula is C22H29N3O5. The number of benzene rings is 1. The number of carbonyl (C=O) groups excluding carboxylic acids is 1. The van der Waals surface area contributed by atoms with Gasteiger partial charge in [0.1, 0.15) is 11.4 Å². The molecule has 0 spiro atoms. The van der Waals surface area contributed by atoms with E-state index in [0.29, 0.717) is 35.9 Å². The van der Waals surface area contributed by atoms with E-state index in [1.807, 2.05) is 34.8 Å². The molecule has 1 aromatic carbocycles. The summed E-state index contributed by atoms with van der Waals surface area (Å²) in [5.41, 5.74) is -0.188. The predicted molar refractivity (Wildman–Crippen MR) is 110 cm³/mol. The summed E-state index contributed by atoms with van der Waals surface area (Å²) in [6.45, 7) is 0. The molecule has 8 heteroatoms. The van der Waals surface area contributed by atoms with Gasteiger partial charge in [-0.3, -0.25) is 4.79 Å². The second-order valence-corrected chi connectivity index (χ2v) is 8.20. The van der Waals surface area contributed by atoms with Crippen LogP contribution in [0.2, 0.25) is 0 Å². The van der Waals surface area contributed by atoms with Gasteiger partial charge in [-0.2, -0.15) is 0 Å². The fourth-order valence-electron chi connectivity index (χ4n) is 5.13. The summed E-state index contributed by atoms with van der Waals surface area (Å²) in [5.74, 6) is 2.31. The molecular weight excluding hydrogens is 386 g/mol. The van der Waals surface area contributed by atoms with Gasteiger partial charge in [-0.1, -0.05) is 0 Å². The minimum atomic E-state index is -0.993. The van der Waals surface area contributed by atoms with Gasteiger partial charge in [0.25, 0.3) is 0 Å². The lowest BCUT2D eigenvalue weighted by molar-refractivity contribution is -0.141. The number of hydrogen-bond donors (Lipinski definition) is 1. The zero-order chi connectivity index (χ0) is 21.5. The van der Waals surface area contributed by atoms with Gasteiger partial charge >= 0.3 is 0 Å². The highest BCUT2D eigenvalue weighted by molar-refractivity contribution is 5.80. The van der Waals surface area contributed by atoms with E-state index in [0.717, 1.165) is 18.4 Å². The molecule has 2 aliphatic heterocycles. The molecule has 2 unspecified atom stereocenters. The van der Waals surface area contributed by atoms with Gasteiger partial charge in [0.15, 0.2) is 11.5 Å². The van der Waals surface area contributed by atoms with Crippen LogP contribution in [0.3, 0.4) is 0 Å². The number of aromatic nitrogens is 2. The Kier molecular flexibility index (Phi) is 5.36. The Labute approximate surface area is 176 Å². The van der Waals surface area contributed by atoms with Crippen molar-refractivity contribution < 1.29 is 24.1 Å². The van der Waals surface area contributed by atoms with Crippen LogP contribution >= 0.6 is 0 Å². The molecule has 30 heavy (non-hydrogen) atoms. The first kappa shape index (κ1) is 20.5. The molecule has 1 amide bonds. The molecule has 0 aliphatic carbocycles. The number of methoxy groups -OCH3 is 3. The second-order valence-electron chi connectivity index (χ2n) is 8.20. The first-order chi connectivity index (χ1) is 14.4. The fraction of sp³-hybridized carbons (Fsp3) is 0.545. The second kappa shape index (κ2) is 7.83. The Bertz CT molecular complexity index is 902. The van der Waals surface area contributed by atoms with E-state index < -0.39 is 5.60 Å². The molecule has 162 valence electrons. The fourth-order valence-corrected chi connectivity index (χ4v) is 5.13. The van der Waals surface area contributed by atoms with Crippen molar-refractivity contribution in [2.45, 2.75) is 49.8 Å². The Morgan fingerprint density at radius 2 is 1.73 bits per heavy atom. The van der Waals surface area contributed by atoms with E-state index >= 15 is 0 Å². The van der Waals surface area contributed by atoms with Crippen LogP contribution in [-0.2, 0) is 23.9 Å². The maximum atomic E-state index is 13.3. The quantitative estimate of drug-likeness (QED) is 0.777. The van der Waals surface area contributed by atoms with E-state index in [9.17, 15) is 9.90 Å². The Morgan fingerprint density at radius 3 is 2.20 bits per heavy atom. The van der Waals surface area contributed by atoms with Gasteiger partial charge in [-0.15, -0.1) is 0 Å². The zero-order valence-corrected chi connectivity index (χ0v) is 17.9. The largest absolute Gasteiger partial charge is 0.493 e. The SMILES string of the molecule is COc1cc(CC(=O)N2C3CCC2CC(O)(c2nccn2C)C3)cc(OC)c1OC. The van der Waals surface area contributed by atoms with E-state index in [2.05, 4.69) is 4.98 Å². The maximum absolute atomic E-state index is 13.3. The van der Waals surface area contributed by atoms with E-state index in [1.165, 1.54) is 0 Å². The smallest absolute Gasteiger partial charge is 0.227 e. The lowest BCUT2D eigenvalue weighted by atomic mass is 9.85. The van der Waals surface area contributed by atoms with Crippen LogP contribution in [0.1, 0.15) is 37.1 Å². The number of amides is 1. The highest BCUT2D eigenvalue weighted by Crippen LogP contribution is 2.45. The van der Waals surface area contributed by atoms with Gasteiger partial charge in [-0.25, -0.2) is 4.98 Å². The van der Waals surface area contributed by atoms with Crippen LogP contribution < -0.4 is 14.2 Å². The van der Waals surface area contributed by atoms with Crippen molar-refractivity contribution in [3.63, 3.8) is 0 Å². The van der Waals surface area contributed by atoms with Gasteiger partial charge in [0, 0.05) is 44.4 Å². The molecule has 0 saturated carbocycles. The first-order valence-corrected chi connectivity index (χ1v) is 10.2. The van der Waals surface area contributed by atoms with Crippen molar-refractivity contribution in [3.05, 3.63) is 35.9 Å².